The lowest BCUT2D eigenvalue weighted by Gasteiger charge is -2.15. The molecule has 3 N–H and O–H groups in total. The summed E-state index contributed by atoms with van der Waals surface area (Å²) in [6.07, 6.45) is 0.582. The molecular formula is C9H21NO2S. The van der Waals surface area contributed by atoms with Crippen LogP contribution in [0.1, 0.15) is 20.3 Å². The van der Waals surface area contributed by atoms with Crippen LogP contribution in [0.4, 0.5) is 0 Å². The van der Waals surface area contributed by atoms with Gasteiger partial charge in [0.15, 0.2) is 0 Å². The maximum atomic E-state index is 9.16. The summed E-state index contributed by atoms with van der Waals surface area (Å²) in [6, 6.07) is 0.165. The van der Waals surface area contributed by atoms with E-state index in [1.165, 1.54) is 0 Å². The van der Waals surface area contributed by atoms with Gasteiger partial charge in [0, 0.05) is 24.9 Å². The zero-order valence-corrected chi connectivity index (χ0v) is 9.31. The number of hydrogen-bond donors (Lipinski definition) is 3. The Morgan fingerprint density at radius 1 is 1.31 bits per heavy atom. The maximum absolute atomic E-state index is 9.16. The average Bonchev–Trinajstić information content (AvgIpc) is 2.10. The minimum atomic E-state index is -0.289. The van der Waals surface area contributed by atoms with Crippen molar-refractivity contribution in [3.8, 4) is 0 Å². The van der Waals surface area contributed by atoms with Gasteiger partial charge in [0.2, 0.25) is 0 Å². The first-order valence-electron chi connectivity index (χ1n) is 4.78. The van der Waals surface area contributed by atoms with E-state index in [-0.39, 0.29) is 18.8 Å². The Labute approximate surface area is 84.9 Å². The molecule has 0 heterocycles. The van der Waals surface area contributed by atoms with Crippen LogP contribution in [0.15, 0.2) is 0 Å². The van der Waals surface area contributed by atoms with E-state index in [0.29, 0.717) is 0 Å². The molecule has 0 bridgehead atoms. The van der Waals surface area contributed by atoms with Crippen LogP contribution in [0.2, 0.25) is 0 Å². The molecule has 0 saturated heterocycles. The molecule has 0 aliphatic carbocycles. The Hall–Kier alpha value is 0.230. The molecule has 2 unspecified atom stereocenters. The minimum Gasteiger partial charge on any atom is -0.396 e. The second-order valence-corrected chi connectivity index (χ2v) is 4.40. The second kappa shape index (κ2) is 8.81. The highest BCUT2D eigenvalue weighted by atomic mass is 32.2. The Morgan fingerprint density at radius 2 is 2.00 bits per heavy atom. The summed E-state index contributed by atoms with van der Waals surface area (Å²) >= 11 is 1.83. The van der Waals surface area contributed by atoms with Gasteiger partial charge in [-0.2, -0.15) is 11.8 Å². The standard InChI is InChI=1S/C9H21NO2S/c1-8(9(2)12)10-4-7-13-6-3-5-11/h8-12H,3-7H2,1-2H3. The van der Waals surface area contributed by atoms with E-state index in [2.05, 4.69) is 5.32 Å². The molecule has 0 aromatic heterocycles. The van der Waals surface area contributed by atoms with Crippen LogP contribution < -0.4 is 5.32 Å². The van der Waals surface area contributed by atoms with Gasteiger partial charge in [-0.3, -0.25) is 0 Å². The molecule has 0 amide bonds. The van der Waals surface area contributed by atoms with Crippen molar-refractivity contribution < 1.29 is 10.2 Å². The zero-order valence-electron chi connectivity index (χ0n) is 8.49. The quantitative estimate of drug-likeness (QED) is 0.506. The monoisotopic (exact) mass is 207 g/mol. The summed E-state index contributed by atoms with van der Waals surface area (Å²) in [5, 5.41) is 20.9. The number of aliphatic hydroxyl groups excluding tert-OH is 2. The van der Waals surface area contributed by atoms with Crippen molar-refractivity contribution in [1.82, 2.24) is 5.32 Å². The second-order valence-electron chi connectivity index (χ2n) is 3.17. The number of aliphatic hydroxyl groups is 2. The first-order chi connectivity index (χ1) is 6.18. The molecular weight excluding hydrogens is 186 g/mol. The highest BCUT2D eigenvalue weighted by Crippen LogP contribution is 2.00. The lowest BCUT2D eigenvalue weighted by Crippen LogP contribution is -2.36. The molecule has 0 rings (SSSR count). The Bertz CT molecular complexity index is 112. The summed E-state index contributed by atoms with van der Waals surface area (Å²) in [4.78, 5) is 0. The van der Waals surface area contributed by atoms with Crippen LogP contribution in [-0.4, -0.2) is 47.0 Å². The van der Waals surface area contributed by atoms with Crippen molar-refractivity contribution in [2.75, 3.05) is 24.7 Å². The number of hydrogen-bond acceptors (Lipinski definition) is 4. The topological polar surface area (TPSA) is 52.5 Å². The third-order valence-corrected chi connectivity index (χ3v) is 2.95. The molecule has 0 radical (unpaired) electrons. The Morgan fingerprint density at radius 3 is 2.54 bits per heavy atom. The summed E-state index contributed by atoms with van der Waals surface area (Å²) < 4.78 is 0. The van der Waals surface area contributed by atoms with Gasteiger partial charge >= 0.3 is 0 Å². The van der Waals surface area contributed by atoms with Crippen LogP contribution in [-0.2, 0) is 0 Å². The van der Waals surface area contributed by atoms with E-state index in [4.69, 9.17) is 10.2 Å². The number of nitrogens with one attached hydrogen (secondary N) is 1. The third-order valence-electron chi connectivity index (χ3n) is 1.88. The van der Waals surface area contributed by atoms with E-state index in [9.17, 15) is 0 Å². The Balaban J connectivity index is 3.07. The largest absolute Gasteiger partial charge is 0.396 e. The molecule has 0 fully saturated rings. The van der Waals surface area contributed by atoms with Crippen molar-refractivity contribution in [2.45, 2.75) is 32.4 Å². The van der Waals surface area contributed by atoms with E-state index < -0.39 is 0 Å². The van der Waals surface area contributed by atoms with E-state index in [0.717, 1.165) is 24.5 Å². The van der Waals surface area contributed by atoms with Gasteiger partial charge in [-0.1, -0.05) is 0 Å². The zero-order chi connectivity index (χ0) is 10.1. The summed E-state index contributed by atoms with van der Waals surface area (Å²) in [7, 11) is 0. The smallest absolute Gasteiger partial charge is 0.0662 e. The first-order valence-corrected chi connectivity index (χ1v) is 5.94. The molecule has 4 heteroatoms. The highest BCUT2D eigenvalue weighted by molar-refractivity contribution is 7.99. The molecule has 13 heavy (non-hydrogen) atoms. The molecule has 0 saturated carbocycles. The SMILES string of the molecule is CC(O)C(C)NCCSCCCO. The van der Waals surface area contributed by atoms with Gasteiger partial charge in [0.1, 0.15) is 0 Å². The highest BCUT2D eigenvalue weighted by Gasteiger charge is 2.05. The fourth-order valence-corrected chi connectivity index (χ4v) is 1.60. The van der Waals surface area contributed by atoms with Gasteiger partial charge in [-0.25, -0.2) is 0 Å². The summed E-state index contributed by atoms with van der Waals surface area (Å²) in [5.74, 6) is 2.05. The van der Waals surface area contributed by atoms with Gasteiger partial charge in [0.05, 0.1) is 6.10 Å². The van der Waals surface area contributed by atoms with Crippen LogP contribution in [0.3, 0.4) is 0 Å². The van der Waals surface area contributed by atoms with Crippen molar-refractivity contribution in [2.24, 2.45) is 0 Å². The van der Waals surface area contributed by atoms with Crippen molar-refractivity contribution in [3.05, 3.63) is 0 Å². The lowest BCUT2D eigenvalue weighted by atomic mass is 10.2. The predicted molar refractivity (Wildman–Crippen MR) is 58.2 cm³/mol. The average molecular weight is 207 g/mol. The molecule has 2 atom stereocenters. The molecule has 0 aliphatic rings. The normalized spacial score (nSPS) is 15.7. The van der Waals surface area contributed by atoms with Crippen molar-refractivity contribution >= 4 is 11.8 Å². The molecule has 0 aromatic carbocycles. The Kier molecular flexibility index (Phi) is 8.97. The van der Waals surface area contributed by atoms with E-state index in [1.54, 1.807) is 6.92 Å². The van der Waals surface area contributed by atoms with Crippen LogP contribution >= 0.6 is 11.8 Å². The van der Waals surface area contributed by atoms with Crippen molar-refractivity contribution in [1.29, 1.82) is 0 Å². The fourth-order valence-electron chi connectivity index (χ4n) is 0.798. The number of rotatable bonds is 8. The van der Waals surface area contributed by atoms with Gasteiger partial charge in [0.25, 0.3) is 0 Å². The maximum Gasteiger partial charge on any atom is 0.0662 e. The fraction of sp³-hybridized carbons (Fsp3) is 1.00. The third kappa shape index (κ3) is 8.56. The lowest BCUT2D eigenvalue weighted by molar-refractivity contribution is 0.154. The summed E-state index contributed by atoms with van der Waals surface area (Å²) in [5.41, 5.74) is 0. The van der Waals surface area contributed by atoms with E-state index >= 15 is 0 Å². The van der Waals surface area contributed by atoms with Crippen LogP contribution in [0, 0.1) is 0 Å². The summed E-state index contributed by atoms with van der Waals surface area (Å²) in [6.45, 7) is 4.96. The molecule has 0 spiro atoms. The van der Waals surface area contributed by atoms with Crippen molar-refractivity contribution in [3.63, 3.8) is 0 Å². The van der Waals surface area contributed by atoms with Gasteiger partial charge in [-0.15, -0.1) is 0 Å². The minimum absolute atomic E-state index is 0.165. The van der Waals surface area contributed by atoms with Crippen LogP contribution in [0.5, 0.6) is 0 Å². The van der Waals surface area contributed by atoms with Crippen LogP contribution in [0.25, 0.3) is 0 Å². The molecule has 0 aromatic rings. The first kappa shape index (κ1) is 13.2. The van der Waals surface area contributed by atoms with Gasteiger partial charge in [-0.05, 0) is 26.0 Å². The number of thioether (sulfide) groups is 1. The molecule has 3 nitrogen and oxygen atoms in total. The van der Waals surface area contributed by atoms with E-state index in [1.807, 2.05) is 18.7 Å². The predicted octanol–water partition coefficient (Wildman–Crippen LogP) is 0.461. The molecule has 80 valence electrons. The van der Waals surface area contributed by atoms with Gasteiger partial charge < -0.3 is 15.5 Å². The molecule has 0 aliphatic heterocycles.